The van der Waals surface area contributed by atoms with E-state index in [0.717, 1.165) is 51.1 Å². The van der Waals surface area contributed by atoms with Crippen LogP contribution >= 0.6 is 11.3 Å². The molecule has 0 unspecified atom stereocenters. The number of anilines is 2. The first-order chi connectivity index (χ1) is 12.2. The molecule has 0 bridgehead atoms. The first kappa shape index (κ1) is 18.0. The van der Waals surface area contributed by atoms with Crippen LogP contribution < -0.4 is 10.2 Å². The van der Waals surface area contributed by atoms with Gasteiger partial charge in [-0.1, -0.05) is 6.07 Å². The molecule has 1 aromatic heterocycles. The van der Waals surface area contributed by atoms with Crippen molar-refractivity contribution in [1.29, 1.82) is 0 Å². The predicted molar refractivity (Wildman–Crippen MR) is 107 cm³/mol. The molecule has 0 spiro atoms. The Balaban J connectivity index is 1.39. The second kappa shape index (κ2) is 9.02. The Morgan fingerprint density at radius 1 is 1.08 bits per heavy atom. The van der Waals surface area contributed by atoms with Crippen LogP contribution in [0.2, 0.25) is 0 Å². The van der Waals surface area contributed by atoms with Crippen LogP contribution in [0.3, 0.4) is 0 Å². The molecule has 0 saturated carbocycles. The van der Waals surface area contributed by atoms with Crippen LogP contribution in [0.15, 0.2) is 41.8 Å². The molecule has 5 heteroatoms. The number of hydrogen-bond acceptors (Lipinski definition) is 4. The van der Waals surface area contributed by atoms with E-state index in [-0.39, 0.29) is 5.91 Å². The molecule has 2 aromatic rings. The molecule has 3 rings (SSSR count). The highest BCUT2D eigenvalue weighted by Gasteiger charge is 2.14. The van der Waals surface area contributed by atoms with Crippen LogP contribution in [-0.4, -0.2) is 44.0 Å². The fourth-order valence-corrected chi connectivity index (χ4v) is 3.83. The Hall–Kier alpha value is -1.85. The van der Waals surface area contributed by atoms with Gasteiger partial charge >= 0.3 is 0 Å². The van der Waals surface area contributed by atoms with Crippen LogP contribution in [0.1, 0.15) is 24.1 Å². The fourth-order valence-electron chi connectivity index (χ4n) is 3.08. The van der Waals surface area contributed by atoms with Crippen molar-refractivity contribution in [3.8, 4) is 0 Å². The summed E-state index contributed by atoms with van der Waals surface area (Å²) in [4.78, 5) is 18.2. The third kappa shape index (κ3) is 5.58. The largest absolute Gasteiger partial charge is 0.369 e. The highest BCUT2D eigenvalue weighted by atomic mass is 32.1. The van der Waals surface area contributed by atoms with Gasteiger partial charge in [-0.25, -0.2) is 0 Å². The lowest BCUT2D eigenvalue weighted by atomic mass is 10.1. The summed E-state index contributed by atoms with van der Waals surface area (Å²) in [6.45, 7) is 4.33. The third-order valence-corrected chi connectivity index (χ3v) is 5.61. The highest BCUT2D eigenvalue weighted by Crippen LogP contribution is 2.19. The lowest BCUT2D eigenvalue weighted by Crippen LogP contribution is -2.44. The summed E-state index contributed by atoms with van der Waals surface area (Å²) in [5.41, 5.74) is 2.13. The Morgan fingerprint density at radius 3 is 2.52 bits per heavy atom. The number of rotatable bonds is 7. The van der Waals surface area contributed by atoms with Crippen LogP contribution in [0, 0.1) is 0 Å². The van der Waals surface area contributed by atoms with Crippen LogP contribution in [0.4, 0.5) is 11.4 Å². The average molecular weight is 358 g/mol. The van der Waals surface area contributed by atoms with Gasteiger partial charge in [0, 0.05) is 48.9 Å². The number of carbonyl (C=O) groups is 1. The average Bonchev–Trinajstić information content (AvgIpc) is 3.14. The summed E-state index contributed by atoms with van der Waals surface area (Å²) in [7, 11) is 2.16. The maximum atomic E-state index is 12.1. The number of nitrogens with one attached hydrogen (secondary N) is 1. The quantitative estimate of drug-likeness (QED) is 0.765. The van der Waals surface area contributed by atoms with E-state index in [2.05, 4.69) is 51.8 Å². The number of unbranched alkanes of at least 4 members (excludes halogenated alkanes) is 1. The zero-order valence-electron chi connectivity index (χ0n) is 14.9. The monoisotopic (exact) mass is 357 g/mol. The predicted octanol–water partition coefficient (Wildman–Crippen LogP) is 3.85. The minimum absolute atomic E-state index is 0.110. The van der Waals surface area contributed by atoms with Gasteiger partial charge < -0.3 is 15.1 Å². The highest BCUT2D eigenvalue weighted by molar-refractivity contribution is 7.09. The Morgan fingerprint density at radius 2 is 1.84 bits per heavy atom. The van der Waals surface area contributed by atoms with Crippen LogP contribution in [0.5, 0.6) is 0 Å². The van der Waals surface area contributed by atoms with E-state index in [4.69, 9.17) is 0 Å². The summed E-state index contributed by atoms with van der Waals surface area (Å²) in [6, 6.07) is 12.5. The second-order valence-corrected chi connectivity index (χ2v) is 7.70. The summed E-state index contributed by atoms with van der Waals surface area (Å²) < 4.78 is 0. The van der Waals surface area contributed by atoms with E-state index in [1.54, 1.807) is 11.3 Å². The number of hydrogen-bond donors (Lipinski definition) is 1. The van der Waals surface area contributed by atoms with Crippen molar-refractivity contribution < 1.29 is 4.79 Å². The van der Waals surface area contributed by atoms with E-state index in [1.165, 1.54) is 10.6 Å². The Kier molecular flexibility index (Phi) is 6.48. The molecule has 1 saturated heterocycles. The van der Waals surface area contributed by atoms with Crippen molar-refractivity contribution in [3.63, 3.8) is 0 Å². The molecule has 4 nitrogen and oxygen atoms in total. The van der Waals surface area contributed by atoms with E-state index in [1.807, 2.05) is 12.1 Å². The zero-order valence-corrected chi connectivity index (χ0v) is 15.7. The van der Waals surface area contributed by atoms with Crippen LogP contribution in [0.25, 0.3) is 0 Å². The number of likely N-dealkylation sites (N-methyl/N-ethyl adjacent to an activating group) is 1. The number of piperazine rings is 1. The van der Waals surface area contributed by atoms with Crippen LogP contribution in [-0.2, 0) is 11.2 Å². The topological polar surface area (TPSA) is 35.6 Å². The van der Waals surface area contributed by atoms with Crippen molar-refractivity contribution in [2.75, 3.05) is 43.4 Å². The van der Waals surface area contributed by atoms with Gasteiger partial charge in [0.2, 0.25) is 5.91 Å². The first-order valence-corrected chi connectivity index (χ1v) is 9.94. The van der Waals surface area contributed by atoms with Gasteiger partial charge in [0.25, 0.3) is 0 Å². The number of amides is 1. The molecule has 1 N–H and O–H groups in total. The molecular formula is C20H27N3OS. The number of carbonyl (C=O) groups excluding carboxylic acids is 1. The van der Waals surface area contributed by atoms with Gasteiger partial charge in [-0.05, 0) is 62.0 Å². The molecule has 25 heavy (non-hydrogen) atoms. The summed E-state index contributed by atoms with van der Waals surface area (Å²) >= 11 is 1.79. The van der Waals surface area contributed by atoms with Gasteiger partial charge in [-0.3, -0.25) is 4.79 Å². The van der Waals surface area contributed by atoms with Crippen molar-refractivity contribution in [1.82, 2.24) is 4.90 Å². The minimum atomic E-state index is 0.110. The molecule has 1 aliphatic heterocycles. The Bertz CT molecular complexity index is 646. The van der Waals surface area contributed by atoms with Crippen molar-refractivity contribution in [2.24, 2.45) is 0 Å². The van der Waals surface area contributed by atoms with Crippen molar-refractivity contribution in [3.05, 3.63) is 46.7 Å². The van der Waals surface area contributed by atoms with Crippen molar-refractivity contribution in [2.45, 2.75) is 25.7 Å². The SMILES string of the molecule is CN1CCN(c2ccc(NC(=O)CCCCc3cccs3)cc2)CC1. The normalized spacial score (nSPS) is 15.3. The van der Waals surface area contributed by atoms with Gasteiger partial charge in [-0.2, -0.15) is 0 Å². The van der Waals surface area contributed by atoms with Gasteiger partial charge in [0.15, 0.2) is 0 Å². The number of benzene rings is 1. The summed E-state index contributed by atoms with van der Waals surface area (Å²) in [6.07, 6.45) is 3.66. The smallest absolute Gasteiger partial charge is 0.224 e. The van der Waals surface area contributed by atoms with Gasteiger partial charge in [0.05, 0.1) is 0 Å². The molecule has 1 amide bonds. The summed E-state index contributed by atoms with van der Waals surface area (Å²) in [5.74, 6) is 0.110. The van der Waals surface area contributed by atoms with E-state index < -0.39 is 0 Å². The molecule has 1 aliphatic rings. The molecule has 1 aromatic carbocycles. The molecule has 1 fully saturated rings. The molecule has 134 valence electrons. The third-order valence-electron chi connectivity index (χ3n) is 4.68. The first-order valence-electron chi connectivity index (χ1n) is 9.06. The fraction of sp³-hybridized carbons (Fsp3) is 0.450. The second-order valence-electron chi connectivity index (χ2n) is 6.67. The zero-order chi connectivity index (χ0) is 17.5. The number of nitrogens with zero attached hydrogens (tertiary/aromatic N) is 2. The van der Waals surface area contributed by atoms with Crippen molar-refractivity contribution >= 4 is 28.6 Å². The lowest BCUT2D eigenvalue weighted by molar-refractivity contribution is -0.116. The number of thiophene rings is 1. The van der Waals surface area contributed by atoms with Gasteiger partial charge in [0.1, 0.15) is 0 Å². The molecular weight excluding hydrogens is 330 g/mol. The summed E-state index contributed by atoms with van der Waals surface area (Å²) in [5, 5.41) is 5.11. The molecule has 0 atom stereocenters. The molecule has 0 aliphatic carbocycles. The minimum Gasteiger partial charge on any atom is -0.369 e. The lowest BCUT2D eigenvalue weighted by Gasteiger charge is -2.34. The maximum Gasteiger partial charge on any atom is 0.224 e. The Labute approximate surface area is 154 Å². The van der Waals surface area contributed by atoms with Gasteiger partial charge in [-0.15, -0.1) is 11.3 Å². The molecule has 2 heterocycles. The standard InChI is InChI=1S/C20H27N3OS/c1-22-12-14-23(15-13-22)18-10-8-17(9-11-18)21-20(24)7-3-2-5-19-6-4-16-25-19/h4,6,8-11,16H,2-3,5,7,12-15H2,1H3,(H,21,24). The van der Waals surface area contributed by atoms with E-state index >= 15 is 0 Å². The van der Waals surface area contributed by atoms with E-state index in [9.17, 15) is 4.79 Å². The number of aryl methyl sites for hydroxylation is 1. The van der Waals surface area contributed by atoms with E-state index in [0.29, 0.717) is 6.42 Å². The molecule has 0 radical (unpaired) electrons. The maximum absolute atomic E-state index is 12.1.